The van der Waals surface area contributed by atoms with Gasteiger partial charge in [-0.05, 0) is 46.9 Å². The van der Waals surface area contributed by atoms with Gasteiger partial charge in [0.25, 0.3) is 0 Å². The van der Waals surface area contributed by atoms with Gasteiger partial charge < -0.3 is 0 Å². The summed E-state index contributed by atoms with van der Waals surface area (Å²) in [5.41, 5.74) is 0.282. The molecule has 0 N–H and O–H groups in total. The van der Waals surface area contributed by atoms with E-state index >= 15 is 0 Å². The average molecular weight is 389 g/mol. The summed E-state index contributed by atoms with van der Waals surface area (Å²) in [7, 11) is 0. The number of aromatic nitrogens is 3. The second-order valence-electron chi connectivity index (χ2n) is 4.18. The third-order valence-corrected chi connectivity index (χ3v) is 3.45. The summed E-state index contributed by atoms with van der Waals surface area (Å²) in [5, 5.41) is 7.93. The largest absolute Gasteiger partial charge is 0.416 e. The van der Waals surface area contributed by atoms with Crippen LogP contribution in [0.2, 0.25) is 0 Å². The number of fused-ring (bicyclic) bond motifs is 1. The topological polar surface area (TPSA) is 30.2 Å². The molecular formula is C13H7F3IN3. The van der Waals surface area contributed by atoms with Crippen LogP contribution in [0.5, 0.6) is 0 Å². The highest BCUT2D eigenvalue weighted by atomic mass is 127. The standard InChI is InChI=1S/C13H7F3IN3/c14-13(15,16)9-3-1-2-8(6-9)12-19-18-11-5-4-10(17)7-20(11)12/h1-7H. The summed E-state index contributed by atoms with van der Waals surface area (Å²) in [6.07, 6.45) is -2.59. The zero-order valence-corrected chi connectivity index (χ0v) is 12.1. The third kappa shape index (κ3) is 2.37. The van der Waals surface area contributed by atoms with Gasteiger partial charge in [-0.15, -0.1) is 10.2 Å². The normalized spacial score (nSPS) is 12.0. The summed E-state index contributed by atoms with van der Waals surface area (Å²) in [4.78, 5) is 0. The maximum atomic E-state index is 12.7. The molecule has 0 unspecified atom stereocenters. The molecule has 0 fully saturated rings. The predicted molar refractivity (Wildman–Crippen MR) is 76.1 cm³/mol. The average Bonchev–Trinajstić information content (AvgIpc) is 2.81. The van der Waals surface area contributed by atoms with E-state index in [4.69, 9.17) is 0 Å². The molecule has 20 heavy (non-hydrogen) atoms. The fourth-order valence-corrected chi connectivity index (χ4v) is 2.35. The Morgan fingerprint density at radius 1 is 1.05 bits per heavy atom. The van der Waals surface area contributed by atoms with Gasteiger partial charge in [0.15, 0.2) is 11.5 Å². The molecular weight excluding hydrogens is 382 g/mol. The molecule has 0 radical (unpaired) electrons. The second-order valence-corrected chi connectivity index (χ2v) is 5.42. The first-order chi connectivity index (χ1) is 9.45. The zero-order valence-electron chi connectivity index (χ0n) is 9.89. The van der Waals surface area contributed by atoms with Gasteiger partial charge in [-0.2, -0.15) is 13.2 Å². The minimum absolute atomic E-state index is 0.384. The Balaban J connectivity index is 2.18. The van der Waals surface area contributed by atoms with E-state index in [0.717, 1.165) is 15.7 Å². The van der Waals surface area contributed by atoms with Crippen molar-refractivity contribution in [1.29, 1.82) is 0 Å². The van der Waals surface area contributed by atoms with Gasteiger partial charge in [0.1, 0.15) is 0 Å². The Morgan fingerprint density at radius 2 is 1.85 bits per heavy atom. The SMILES string of the molecule is FC(F)(F)c1cccc(-c2nnc3ccc(I)cn23)c1. The number of pyridine rings is 1. The Labute approximate surface area is 125 Å². The van der Waals surface area contributed by atoms with Crippen LogP contribution in [0.15, 0.2) is 42.6 Å². The van der Waals surface area contributed by atoms with E-state index in [1.54, 1.807) is 22.7 Å². The highest BCUT2D eigenvalue weighted by Crippen LogP contribution is 2.31. The summed E-state index contributed by atoms with van der Waals surface area (Å²) in [6.45, 7) is 0. The number of hydrogen-bond donors (Lipinski definition) is 0. The smallest absolute Gasteiger partial charge is 0.281 e. The molecule has 1 aromatic carbocycles. The minimum atomic E-state index is -4.37. The van der Waals surface area contributed by atoms with Crippen molar-refractivity contribution in [3.63, 3.8) is 0 Å². The van der Waals surface area contributed by atoms with Gasteiger partial charge in [0, 0.05) is 15.3 Å². The van der Waals surface area contributed by atoms with Crippen LogP contribution >= 0.6 is 22.6 Å². The van der Waals surface area contributed by atoms with Gasteiger partial charge in [-0.25, -0.2) is 0 Å². The first-order valence-corrected chi connectivity index (χ1v) is 6.71. The molecule has 3 nitrogen and oxygen atoms in total. The van der Waals surface area contributed by atoms with Gasteiger partial charge in [0.05, 0.1) is 5.56 Å². The summed E-state index contributed by atoms with van der Waals surface area (Å²) >= 11 is 2.12. The quantitative estimate of drug-likeness (QED) is 0.589. The maximum Gasteiger partial charge on any atom is 0.416 e. The fourth-order valence-electron chi connectivity index (χ4n) is 1.90. The minimum Gasteiger partial charge on any atom is -0.281 e. The fraction of sp³-hybridized carbons (Fsp3) is 0.0769. The summed E-state index contributed by atoms with van der Waals surface area (Å²) in [6, 6.07) is 8.71. The van der Waals surface area contributed by atoms with Crippen LogP contribution in [0.3, 0.4) is 0 Å². The number of benzene rings is 1. The van der Waals surface area contributed by atoms with E-state index in [0.29, 0.717) is 17.0 Å². The van der Waals surface area contributed by atoms with Crippen molar-refractivity contribution < 1.29 is 13.2 Å². The Hall–Kier alpha value is -1.64. The van der Waals surface area contributed by atoms with Crippen LogP contribution in [0.4, 0.5) is 13.2 Å². The molecule has 3 aromatic rings. The van der Waals surface area contributed by atoms with Crippen LogP contribution in [-0.2, 0) is 6.18 Å². The molecule has 2 heterocycles. The molecule has 0 aliphatic carbocycles. The Kier molecular flexibility index (Phi) is 3.15. The van der Waals surface area contributed by atoms with Crippen molar-refractivity contribution >= 4 is 28.2 Å². The molecule has 0 amide bonds. The molecule has 102 valence electrons. The molecule has 0 atom stereocenters. The molecule has 3 rings (SSSR count). The summed E-state index contributed by atoms with van der Waals surface area (Å²) < 4.78 is 40.9. The highest BCUT2D eigenvalue weighted by molar-refractivity contribution is 14.1. The van der Waals surface area contributed by atoms with Crippen LogP contribution < -0.4 is 0 Å². The molecule has 0 bridgehead atoms. The van der Waals surface area contributed by atoms with E-state index in [2.05, 4.69) is 32.8 Å². The van der Waals surface area contributed by atoms with Crippen molar-refractivity contribution in [2.75, 3.05) is 0 Å². The summed E-state index contributed by atoms with van der Waals surface area (Å²) in [5.74, 6) is 0.393. The number of rotatable bonds is 1. The lowest BCUT2D eigenvalue weighted by Crippen LogP contribution is -2.04. The highest BCUT2D eigenvalue weighted by Gasteiger charge is 2.30. The molecule has 0 saturated carbocycles. The van der Waals surface area contributed by atoms with Crippen LogP contribution in [0.25, 0.3) is 17.0 Å². The first-order valence-electron chi connectivity index (χ1n) is 5.63. The van der Waals surface area contributed by atoms with Gasteiger partial charge in [0.2, 0.25) is 0 Å². The lowest BCUT2D eigenvalue weighted by molar-refractivity contribution is -0.137. The predicted octanol–water partition coefficient (Wildman–Crippen LogP) is 4.02. The van der Waals surface area contributed by atoms with Crippen molar-refractivity contribution in [3.05, 3.63) is 51.7 Å². The molecule has 2 aromatic heterocycles. The maximum absolute atomic E-state index is 12.7. The zero-order chi connectivity index (χ0) is 14.3. The van der Waals surface area contributed by atoms with E-state index in [1.165, 1.54) is 6.07 Å². The molecule has 0 aliphatic rings. The number of nitrogens with zero attached hydrogens (tertiary/aromatic N) is 3. The molecule has 0 aliphatic heterocycles. The Morgan fingerprint density at radius 3 is 2.60 bits per heavy atom. The first kappa shape index (κ1) is 13.3. The Bertz CT molecular complexity index is 780. The lowest BCUT2D eigenvalue weighted by atomic mass is 10.1. The monoisotopic (exact) mass is 389 g/mol. The van der Waals surface area contributed by atoms with Gasteiger partial charge in [-0.3, -0.25) is 4.40 Å². The third-order valence-electron chi connectivity index (χ3n) is 2.81. The molecule has 0 saturated heterocycles. The second kappa shape index (κ2) is 4.72. The van der Waals surface area contributed by atoms with Crippen molar-refractivity contribution in [2.24, 2.45) is 0 Å². The van der Waals surface area contributed by atoms with Crippen LogP contribution in [0.1, 0.15) is 5.56 Å². The molecule has 7 heteroatoms. The molecule has 0 spiro atoms. The van der Waals surface area contributed by atoms with E-state index in [-0.39, 0.29) is 0 Å². The van der Waals surface area contributed by atoms with Gasteiger partial charge >= 0.3 is 6.18 Å². The van der Waals surface area contributed by atoms with Gasteiger partial charge in [-0.1, -0.05) is 12.1 Å². The van der Waals surface area contributed by atoms with Crippen LogP contribution in [-0.4, -0.2) is 14.6 Å². The van der Waals surface area contributed by atoms with Crippen molar-refractivity contribution in [1.82, 2.24) is 14.6 Å². The van der Waals surface area contributed by atoms with E-state index in [1.807, 2.05) is 6.07 Å². The van der Waals surface area contributed by atoms with Crippen molar-refractivity contribution in [2.45, 2.75) is 6.18 Å². The van der Waals surface area contributed by atoms with Crippen molar-refractivity contribution in [3.8, 4) is 11.4 Å². The number of halogens is 4. The number of alkyl halides is 3. The van der Waals surface area contributed by atoms with Crippen LogP contribution in [0, 0.1) is 3.57 Å². The van der Waals surface area contributed by atoms with E-state index < -0.39 is 11.7 Å². The van der Waals surface area contributed by atoms with E-state index in [9.17, 15) is 13.2 Å². The number of hydrogen-bond acceptors (Lipinski definition) is 2. The lowest BCUT2D eigenvalue weighted by Gasteiger charge is -2.08.